The summed E-state index contributed by atoms with van der Waals surface area (Å²) in [6.07, 6.45) is 5.10. The number of nitrogens with zero attached hydrogens (tertiary/aromatic N) is 3. The van der Waals surface area contributed by atoms with Crippen LogP contribution in [0.5, 0.6) is 0 Å². The van der Waals surface area contributed by atoms with Crippen molar-refractivity contribution in [2.75, 3.05) is 0 Å². The van der Waals surface area contributed by atoms with Gasteiger partial charge in [0.2, 0.25) is 0 Å². The maximum atomic E-state index is 5.90. The third-order valence-electron chi connectivity index (χ3n) is 1.98. The molecule has 76 valence electrons. The fraction of sp³-hybridized carbons (Fsp3) is 0.100. The van der Waals surface area contributed by atoms with Crippen LogP contribution in [0.4, 0.5) is 0 Å². The second-order valence-corrected chi connectivity index (χ2v) is 4.24. The molecule has 0 saturated heterocycles. The highest BCUT2D eigenvalue weighted by Gasteiger charge is 2.07. The Balaban J connectivity index is 2.55. The second kappa shape index (κ2) is 4.24. The Bertz CT molecular complexity index is 502. The number of aromatic nitrogens is 3. The van der Waals surface area contributed by atoms with Crippen LogP contribution >= 0.6 is 27.5 Å². The fourth-order valence-electron chi connectivity index (χ4n) is 1.17. The van der Waals surface area contributed by atoms with E-state index in [0.29, 0.717) is 15.5 Å². The van der Waals surface area contributed by atoms with Gasteiger partial charge < -0.3 is 0 Å². The van der Waals surface area contributed by atoms with Gasteiger partial charge in [-0.25, -0.2) is 9.97 Å². The molecule has 0 aliphatic carbocycles. The second-order valence-electron chi connectivity index (χ2n) is 3.02. The SMILES string of the molecule is Cc1ccncc1-c1ncc(Br)c(Cl)n1. The third kappa shape index (κ3) is 2.16. The van der Waals surface area contributed by atoms with Crippen molar-refractivity contribution in [2.45, 2.75) is 6.92 Å². The van der Waals surface area contributed by atoms with E-state index in [1.165, 1.54) is 0 Å². The summed E-state index contributed by atoms with van der Waals surface area (Å²) >= 11 is 9.15. The van der Waals surface area contributed by atoms with Gasteiger partial charge in [-0.3, -0.25) is 4.98 Å². The minimum Gasteiger partial charge on any atom is -0.264 e. The van der Waals surface area contributed by atoms with Gasteiger partial charge in [-0.2, -0.15) is 0 Å². The van der Waals surface area contributed by atoms with E-state index in [0.717, 1.165) is 11.1 Å². The summed E-state index contributed by atoms with van der Waals surface area (Å²) in [5.41, 5.74) is 1.97. The summed E-state index contributed by atoms with van der Waals surface area (Å²) in [4.78, 5) is 12.4. The van der Waals surface area contributed by atoms with Crippen LogP contribution in [0.15, 0.2) is 29.1 Å². The number of halogens is 2. The molecule has 0 fully saturated rings. The van der Waals surface area contributed by atoms with E-state index in [1.54, 1.807) is 18.6 Å². The highest BCUT2D eigenvalue weighted by atomic mass is 79.9. The van der Waals surface area contributed by atoms with Gasteiger partial charge in [-0.1, -0.05) is 11.6 Å². The highest BCUT2D eigenvalue weighted by Crippen LogP contribution is 2.24. The Morgan fingerprint density at radius 1 is 1.33 bits per heavy atom. The molecule has 0 atom stereocenters. The Labute approximate surface area is 101 Å². The minimum atomic E-state index is 0.406. The summed E-state index contributed by atoms with van der Waals surface area (Å²) < 4.78 is 0.689. The van der Waals surface area contributed by atoms with Crippen LogP contribution in [0.1, 0.15) is 5.56 Å². The van der Waals surface area contributed by atoms with Crippen LogP contribution < -0.4 is 0 Å². The van der Waals surface area contributed by atoms with Crippen molar-refractivity contribution in [3.05, 3.63) is 39.8 Å². The molecule has 3 nitrogen and oxygen atoms in total. The lowest BCUT2D eigenvalue weighted by molar-refractivity contribution is 1.14. The van der Waals surface area contributed by atoms with Gasteiger partial charge in [0, 0.05) is 24.2 Å². The van der Waals surface area contributed by atoms with E-state index >= 15 is 0 Å². The topological polar surface area (TPSA) is 38.7 Å². The largest absolute Gasteiger partial charge is 0.264 e. The molecular weight excluding hydrogens is 277 g/mol. The zero-order valence-electron chi connectivity index (χ0n) is 7.91. The van der Waals surface area contributed by atoms with E-state index in [2.05, 4.69) is 30.9 Å². The van der Waals surface area contributed by atoms with Gasteiger partial charge in [-0.15, -0.1) is 0 Å². The van der Waals surface area contributed by atoms with Crippen LogP contribution in [0, 0.1) is 6.92 Å². The summed E-state index contributed by atoms with van der Waals surface area (Å²) in [6, 6.07) is 1.91. The molecule has 2 heterocycles. The van der Waals surface area contributed by atoms with Gasteiger partial charge in [0.25, 0.3) is 0 Å². The predicted octanol–water partition coefficient (Wildman–Crippen LogP) is 3.26. The van der Waals surface area contributed by atoms with Crippen molar-refractivity contribution in [3.63, 3.8) is 0 Å². The van der Waals surface area contributed by atoms with Crippen molar-refractivity contribution >= 4 is 27.5 Å². The molecule has 0 amide bonds. The lowest BCUT2D eigenvalue weighted by Gasteiger charge is -2.03. The molecule has 5 heteroatoms. The molecule has 15 heavy (non-hydrogen) atoms. The first-order chi connectivity index (χ1) is 7.18. The molecule has 0 radical (unpaired) electrons. The molecule has 2 aromatic rings. The maximum Gasteiger partial charge on any atom is 0.162 e. The molecule has 0 N–H and O–H groups in total. The molecular formula is C10H7BrClN3. The van der Waals surface area contributed by atoms with Gasteiger partial charge in [-0.05, 0) is 34.5 Å². The van der Waals surface area contributed by atoms with Crippen LogP contribution in [-0.4, -0.2) is 15.0 Å². The van der Waals surface area contributed by atoms with E-state index in [1.807, 2.05) is 13.0 Å². The summed E-state index contributed by atoms with van der Waals surface area (Å²) in [7, 11) is 0. The number of aryl methyl sites for hydroxylation is 1. The lowest BCUT2D eigenvalue weighted by Crippen LogP contribution is -1.92. The van der Waals surface area contributed by atoms with E-state index in [9.17, 15) is 0 Å². The fourth-order valence-corrected chi connectivity index (χ4v) is 1.49. The quantitative estimate of drug-likeness (QED) is 0.755. The number of hydrogen-bond donors (Lipinski definition) is 0. The number of rotatable bonds is 1. The van der Waals surface area contributed by atoms with E-state index in [-0.39, 0.29) is 0 Å². The molecule has 0 aliphatic heterocycles. The van der Waals surface area contributed by atoms with Crippen LogP contribution in [-0.2, 0) is 0 Å². The van der Waals surface area contributed by atoms with Crippen LogP contribution in [0.2, 0.25) is 5.15 Å². The van der Waals surface area contributed by atoms with E-state index in [4.69, 9.17) is 11.6 Å². The standard InChI is InChI=1S/C10H7BrClN3/c1-6-2-3-13-4-7(6)10-14-5-8(11)9(12)15-10/h2-5H,1H3. The van der Waals surface area contributed by atoms with Crippen molar-refractivity contribution in [1.82, 2.24) is 15.0 Å². The van der Waals surface area contributed by atoms with Gasteiger partial charge in [0.1, 0.15) is 5.15 Å². The average Bonchev–Trinajstić information content (AvgIpc) is 2.23. The minimum absolute atomic E-state index is 0.406. The zero-order valence-corrected chi connectivity index (χ0v) is 10.2. The number of pyridine rings is 1. The Kier molecular flexibility index (Phi) is 2.98. The molecule has 0 unspecified atom stereocenters. The molecule has 2 rings (SSSR count). The molecule has 0 bridgehead atoms. The van der Waals surface area contributed by atoms with Gasteiger partial charge in [0.15, 0.2) is 5.82 Å². The first-order valence-corrected chi connectivity index (χ1v) is 5.44. The first-order valence-electron chi connectivity index (χ1n) is 4.27. The zero-order chi connectivity index (χ0) is 10.8. The molecule has 2 aromatic heterocycles. The Hall–Kier alpha value is -1.000. The third-order valence-corrected chi connectivity index (χ3v) is 3.08. The monoisotopic (exact) mass is 283 g/mol. The summed E-state index contributed by atoms with van der Waals surface area (Å²) in [5.74, 6) is 0.591. The van der Waals surface area contributed by atoms with Crippen molar-refractivity contribution in [1.29, 1.82) is 0 Å². The predicted molar refractivity (Wildman–Crippen MR) is 62.7 cm³/mol. The lowest BCUT2D eigenvalue weighted by atomic mass is 10.1. The molecule has 0 spiro atoms. The number of hydrogen-bond acceptors (Lipinski definition) is 3. The van der Waals surface area contributed by atoms with Crippen LogP contribution in [0.3, 0.4) is 0 Å². The normalized spacial score (nSPS) is 10.3. The van der Waals surface area contributed by atoms with Gasteiger partial charge >= 0.3 is 0 Å². The van der Waals surface area contributed by atoms with E-state index < -0.39 is 0 Å². The molecule has 0 aliphatic rings. The Morgan fingerprint density at radius 2 is 2.13 bits per heavy atom. The van der Waals surface area contributed by atoms with Crippen molar-refractivity contribution < 1.29 is 0 Å². The summed E-state index contributed by atoms with van der Waals surface area (Å²) in [5, 5.41) is 0.406. The average molecular weight is 285 g/mol. The maximum absolute atomic E-state index is 5.90. The highest BCUT2D eigenvalue weighted by molar-refractivity contribution is 9.10. The first kappa shape index (κ1) is 10.5. The Morgan fingerprint density at radius 3 is 2.80 bits per heavy atom. The molecule has 0 saturated carbocycles. The van der Waals surface area contributed by atoms with Crippen molar-refractivity contribution in [2.24, 2.45) is 0 Å². The summed E-state index contributed by atoms with van der Waals surface area (Å²) in [6.45, 7) is 1.98. The van der Waals surface area contributed by atoms with Crippen LogP contribution in [0.25, 0.3) is 11.4 Å². The van der Waals surface area contributed by atoms with Gasteiger partial charge in [0.05, 0.1) is 4.47 Å². The molecule has 0 aromatic carbocycles. The smallest absolute Gasteiger partial charge is 0.162 e. The van der Waals surface area contributed by atoms with Crippen molar-refractivity contribution in [3.8, 4) is 11.4 Å².